The smallest absolute Gasteiger partial charge is 0.167 e. The summed E-state index contributed by atoms with van der Waals surface area (Å²) in [6, 6.07) is 6.42. The Bertz CT molecular complexity index is 1420. The third-order valence-corrected chi connectivity index (χ3v) is 7.49. The van der Waals surface area contributed by atoms with Crippen molar-refractivity contribution in [1.82, 2.24) is 19.4 Å². The van der Waals surface area contributed by atoms with Crippen LogP contribution in [0.1, 0.15) is 69.4 Å². The van der Waals surface area contributed by atoms with Gasteiger partial charge in [-0.3, -0.25) is 9.79 Å². The fourth-order valence-electron chi connectivity index (χ4n) is 5.66. The number of carbonyl (C=O) groups excluding carboxylic acids is 1. The average molecular weight is 535 g/mol. The molecule has 2 aromatic heterocycles. The van der Waals surface area contributed by atoms with Crippen LogP contribution >= 0.6 is 0 Å². The Morgan fingerprint density at radius 1 is 1.26 bits per heavy atom. The number of piperidine rings is 1. The summed E-state index contributed by atoms with van der Waals surface area (Å²) in [5.41, 5.74) is 1.71. The first-order chi connectivity index (χ1) is 18.6. The van der Waals surface area contributed by atoms with Crippen LogP contribution in [0.3, 0.4) is 0 Å². The second-order valence-electron chi connectivity index (χ2n) is 10.4. The first kappa shape index (κ1) is 28.4. The molecule has 0 radical (unpaired) electrons. The van der Waals surface area contributed by atoms with E-state index in [1.165, 1.54) is 6.07 Å². The quantitative estimate of drug-likeness (QED) is 0.294. The highest BCUT2D eigenvalue weighted by Gasteiger charge is 2.30. The van der Waals surface area contributed by atoms with Gasteiger partial charge in [0.15, 0.2) is 17.5 Å². The number of ketones is 1. The maximum absolute atomic E-state index is 15.2. The molecule has 9 heteroatoms. The van der Waals surface area contributed by atoms with E-state index in [2.05, 4.69) is 38.5 Å². The number of nitrogens with zero attached hydrogens (tertiary/aromatic N) is 6. The summed E-state index contributed by atoms with van der Waals surface area (Å²) in [4.78, 5) is 31.8. The van der Waals surface area contributed by atoms with Crippen molar-refractivity contribution < 1.29 is 13.6 Å². The minimum absolute atomic E-state index is 0.0258. The third-order valence-electron chi connectivity index (χ3n) is 7.49. The molecule has 0 saturated carbocycles. The maximum Gasteiger partial charge on any atom is 0.167 e. The van der Waals surface area contributed by atoms with Crippen LogP contribution < -0.4 is 0 Å². The zero-order valence-electron chi connectivity index (χ0n) is 23.3. The number of aromatic nitrogens is 3. The van der Waals surface area contributed by atoms with Gasteiger partial charge in [-0.2, -0.15) is 0 Å². The summed E-state index contributed by atoms with van der Waals surface area (Å²) in [7, 11) is 0. The normalized spacial score (nSPS) is 16.7. The van der Waals surface area contributed by atoms with Crippen molar-refractivity contribution in [2.24, 2.45) is 15.9 Å². The minimum Gasteiger partial charge on any atom is -0.326 e. The van der Waals surface area contributed by atoms with Crippen LogP contribution in [-0.4, -0.2) is 57.3 Å². The Balaban J connectivity index is 1.72. The van der Waals surface area contributed by atoms with Crippen LogP contribution in [0.25, 0.3) is 11.0 Å². The molecular formula is C30H36F2N6O. The summed E-state index contributed by atoms with van der Waals surface area (Å²) < 4.78 is 32.3. The molecule has 0 N–H and O–H groups in total. The van der Waals surface area contributed by atoms with Crippen LogP contribution in [0.15, 0.2) is 52.5 Å². The van der Waals surface area contributed by atoms with Gasteiger partial charge in [0.25, 0.3) is 0 Å². The Morgan fingerprint density at radius 3 is 2.54 bits per heavy atom. The maximum atomic E-state index is 15.2. The van der Waals surface area contributed by atoms with Crippen molar-refractivity contribution in [3.8, 4) is 0 Å². The van der Waals surface area contributed by atoms with E-state index in [4.69, 9.17) is 0 Å². The highest BCUT2D eigenvalue weighted by atomic mass is 19.1. The zero-order chi connectivity index (χ0) is 28.3. The molecule has 1 unspecified atom stereocenters. The van der Waals surface area contributed by atoms with E-state index < -0.39 is 11.6 Å². The molecule has 0 spiro atoms. The molecule has 1 saturated heterocycles. The minimum atomic E-state index is -0.772. The lowest BCUT2D eigenvalue weighted by Crippen LogP contribution is -2.36. The number of allylic oxidation sites excluding steroid dienone is 1. The van der Waals surface area contributed by atoms with E-state index in [1.54, 1.807) is 25.3 Å². The topological polar surface area (TPSA) is 75.7 Å². The summed E-state index contributed by atoms with van der Waals surface area (Å²) >= 11 is 0. The second-order valence-corrected chi connectivity index (χ2v) is 10.4. The lowest BCUT2D eigenvalue weighted by molar-refractivity contribution is -0.120. The molecule has 3 aromatic rings. The molecule has 39 heavy (non-hydrogen) atoms. The molecule has 1 aromatic carbocycles. The molecule has 3 heterocycles. The molecule has 4 rings (SSSR count). The number of benzene rings is 1. The predicted molar refractivity (Wildman–Crippen MR) is 152 cm³/mol. The molecule has 7 nitrogen and oxygen atoms in total. The Kier molecular flexibility index (Phi) is 8.80. The first-order valence-electron chi connectivity index (χ1n) is 13.4. The molecule has 0 bridgehead atoms. The van der Waals surface area contributed by atoms with E-state index in [-0.39, 0.29) is 46.3 Å². The lowest BCUT2D eigenvalue weighted by atomic mass is 9.78. The van der Waals surface area contributed by atoms with E-state index in [1.807, 2.05) is 31.4 Å². The standard InChI is InChI=1S/C30H36F2N6O/c1-7-37-12-10-21(11-13-37)28(19(4)39)22-8-9-27(34-16-22)36-29(25(32)17-33-6)23-14-24(31)30-26(15-23)38(18(2)3)20(5)35-30/h8-9,14-18,21,28H,6-7,10-13H2,1-5H3/b25-17+,36-29-. The molecular weight excluding hydrogens is 498 g/mol. The van der Waals surface area contributed by atoms with Crippen LogP contribution in [-0.2, 0) is 4.79 Å². The van der Waals surface area contributed by atoms with Gasteiger partial charge in [-0.15, -0.1) is 0 Å². The average Bonchev–Trinajstić information content (AvgIpc) is 3.25. The number of hydrogen-bond acceptors (Lipinski definition) is 6. The third kappa shape index (κ3) is 6.03. The molecule has 1 atom stereocenters. The Labute approximate surface area is 228 Å². The molecule has 1 fully saturated rings. The number of likely N-dealkylation sites (tertiary alicyclic amines) is 1. The molecule has 0 amide bonds. The van der Waals surface area contributed by atoms with E-state index in [0.717, 1.165) is 44.2 Å². The number of rotatable bonds is 9. The Hall–Kier alpha value is -3.59. The van der Waals surface area contributed by atoms with E-state index in [9.17, 15) is 4.79 Å². The van der Waals surface area contributed by atoms with E-state index in [0.29, 0.717) is 11.3 Å². The zero-order valence-corrected chi connectivity index (χ0v) is 23.3. The van der Waals surface area contributed by atoms with Gasteiger partial charge >= 0.3 is 0 Å². The highest BCUT2D eigenvalue weighted by Crippen LogP contribution is 2.34. The number of aryl methyl sites for hydroxylation is 1. The van der Waals surface area contributed by atoms with E-state index >= 15 is 8.78 Å². The van der Waals surface area contributed by atoms with Gasteiger partial charge in [0.05, 0.1) is 11.7 Å². The largest absolute Gasteiger partial charge is 0.326 e. The van der Waals surface area contributed by atoms with Gasteiger partial charge in [-0.25, -0.2) is 23.7 Å². The van der Waals surface area contributed by atoms with Crippen LogP contribution in [0, 0.1) is 18.7 Å². The number of pyridine rings is 1. The highest BCUT2D eigenvalue weighted by molar-refractivity contribution is 6.13. The number of halogens is 2. The number of fused-ring (bicyclic) bond motifs is 1. The summed E-state index contributed by atoms with van der Waals surface area (Å²) in [6.07, 6.45) is 4.48. The Morgan fingerprint density at radius 2 is 1.97 bits per heavy atom. The van der Waals surface area contributed by atoms with Crippen molar-refractivity contribution >= 4 is 35.1 Å². The number of carbonyl (C=O) groups is 1. The van der Waals surface area contributed by atoms with Gasteiger partial charge in [-0.05, 0) is 96.6 Å². The van der Waals surface area contributed by atoms with Crippen molar-refractivity contribution in [3.63, 3.8) is 0 Å². The molecule has 1 aliphatic heterocycles. The van der Waals surface area contributed by atoms with Crippen molar-refractivity contribution in [2.75, 3.05) is 19.6 Å². The number of imidazole rings is 1. The van der Waals surface area contributed by atoms with Gasteiger partial charge in [0.1, 0.15) is 22.8 Å². The fourth-order valence-corrected chi connectivity index (χ4v) is 5.66. The van der Waals surface area contributed by atoms with Crippen molar-refractivity contribution in [2.45, 2.75) is 59.4 Å². The van der Waals surface area contributed by atoms with Gasteiger partial charge in [0.2, 0.25) is 0 Å². The first-order valence-corrected chi connectivity index (χ1v) is 13.4. The fraction of sp³-hybridized carbons (Fsp3) is 0.433. The summed E-state index contributed by atoms with van der Waals surface area (Å²) in [5.74, 6) is -0.332. The number of aliphatic imine (C=N–C) groups is 2. The SMILES string of the molecule is C=N/C=C(F)\C(=N/c1ccc(C(C(C)=O)C2CCN(CC)CC2)cn1)c1cc(F)c2nc(C)n(C(C)C)c2c1. The van der Waals surface area contributed by atoms with Crippen LogP contribution in [0.2, 0.25) is 0 Å². The summed E-state index contributed by atoms with van der Waals surface area (Å²) in [6.45, 7) is 15.8. The van der Waals surface area contributed by atoms with Crippen LogP contribution in [0.5, 0.6) is 0 Å². The lowest BCUT2D eigenvalue weighted by Gasteiger charge is -2.34. The van der Waals surface area contributed by atoms with Crippen LogP contribution in [0.4, 0.5) is 14.6 Å². The molecule has 0 aliphatic carbocycles. The molecule has 206 valence electrons. The van der Waals surface area contributed by atoms with Gasteiger partial charge in [-0.1, -0.05) is 13.0 Å². The van der Waals surface area contributed by atoms with Gasteiger partial charge < -0.3 is 9.47 Å². The number of hydrogen-bond donors (Lipinski definition) is 0. The van der Waals surface area contributed by atoms with Crippen molar-refractivity contribution in [1.29, 1.82) is 0 Å². The second kappa shape index (κ2) is 12.1. The van der Waals surface area contributed by atoms with Gasteiger partial charge in [0, 0.05) is 23.7 Å². The predicted octanol–water partition coefficient (Wildman–Crippen LogP) is 6.50. The summed E-state index contributed by atoms with van der Waals surface area (Å²) in [5, 5.41) is 0. The van der Waals surface area contributed by atoms with Crippen molar-refractivity contribution in [3.05, 3.63) is 65.3 Å². The molecule has 1 aliphatic rings. The monoisotopic (exact) mass is 534 g/mol. The number of Topliss-reactive ketones (excluding diaryl/α,β-unsaturated/α-hetero) is 1.